The van der Waals surface area contributed by atoms with Crippen LogP contribution in [0.4, 0.5) is 0 Å². The van der Waals surface area contributed by atoms with Gasteiger partial charge in [0.15, 0.2) is 12.1 Å². The van der Waals surface area contributed by atoms with Crippen LogP contribution in [0, 0.1) is 0 Å². The van der Waals surface area contributed by atoms with Crippen molar-refractivity contribution in [3.63, 3.8) is 0 Å². The summed E-state index contributed by atoms with van der Waals surface area (Å²) in [4.78, 5) is 0. The molecule has 0 unspecified atom stereocenters. The Morgan fingerprint density at radius 2 is 1.88 bits per heavy atom. The molecule has 0 saturated carbocycles. The summed E-state index contributed by atoms with van der Waals surface area (Å²) in [6.45, 7) is 4.25. The second-order valence-electron chi connectivity index (χ2n) is 6.94. The van der Waals surface area contributed by atoms with Crippen molar-refractivity contribution in [1.82, 2.24) is 0 Å². The van der Waals surface area contributed by atoms with E-state index in [9.17, 15) is 5.11 Å². The minimum Gasteiger partial charge on any atom is -0.396 e. The molecular formula is C19H28O7. The zero-order valence-corrected chi connectivity index (χ0v) is 15.5. The second kappa shape index (κ2) is 8.75. The fraction of sp³-hybridized carbons (Fsp3) is 0.684. The van der Waals surface area contributed by atoms with Crippen LogP contribution in [0.5, 0.6) is 0 Å². The minimum absolute atomic E-state index is 0.0253. The first kappa shape index (κ1) is 19.7. The predicted molar refractivity (Wildman–Crippen MR) is 92.2 cm³/mol. The Bertz CT molecular complexity index is 550. The largest absolute Gasteiger partial charge is 0.396 e. The molecular weight excluding hydrogens is 340 g/mol. The van der Waals surface area contributed by atoms with Crippen LogP contribution in [0.25, 0.3) is 0 Å². The van der Waals surface area contributed by atoms with Crippen molar-refractivity contribution >= 4 is 0 Å². The van der Waals surface area contributed by atoms with Gasteiger partial charge in [-0.3, -0.25) is 0 Å². The van der Waals surface area contributed by atoms with E-state index in [1.807, 2.05) is 44.2 Å². The van der Waals surface area contributed by atoms with E-state index >= 15 is 0 Å². The maximum Gasteiger partial charge on any atom is 0.186 e. The monoisotopic (exact) mass is 368 g/mol. The average molecular weight is 368 g/mol. The first-order valence-electron chi connectivity index (χ1n) is 8.92. The molecule has 146 valence electrons. The lowest BCUT2D eigenvalue weighted by molar-refractivity contribution is -0.246. The van der Waals surface area contributed by atoms with Gasteiger partial charge in [0.1, 0.15) is 25.1 Å². The average Bonchev–Trinajstić information content (AvgIpc) is 3.11. The summed E-state index contributed by atoms with van der Waals surface area (Å²) in [6.07, 6.45) is -1.56. The van der Waals surface area contributed by atoms with Gasteiger partial charge >= 0.3 is 0 Å². The summed E-state index contributed by atoms with van der Waals surface area (Å²) in [7, 11) is 1.57. The fourth-order valence-corrected chi connectivity index (χ4v) is 3.42. The van der Waals surface area contributed by atoms with E-state index in [4.69, 9.17) is 28.4 Å². The molecule has 2 aliphatic heterocycles. The molecule has 5 atom stereocenters. The highest BCUT2D eigenvalue weighted by molar-refractivity contribution is 5.13. The van der Waals surface area contributed by atoms with Crippen LogP contribution in [0.15, 0.2) is 30.3 Å². The molecule has 0 amide bonds. The van der Waals surface area contributed by atoms with Crippen LogP contribution < -0.4 is 0 Å². The number of hydrogen-bond acceptors (Lipinski definition) is 7. The van der Waals surface area contributed by atoms with Crippen LogP contribution in [0.1, 0.15) is 25.8 Å². The quantitative estimate of drug-likeness (QED) is 0.526. The normalized spacial score (nSPS) is 31.1. The Balaban J connectivity index is 1.56. The molecule has 0 bridgehead atoms. The number of aliphatic hydroxyl groups excluding tert-OH is 1. The third-order valence-corrected chi connectivity index (χ3v) is 4.54. The number of benzene rings is 1. The Morgan fingerprint density at radius 3 is 2.58 bits per heavy atom. The molecule has 2 heterocycles. The van der Waals surface area contributed by atoms with Gasteiger partial charge in [-0.1, -0.05) is 30.3 Å². The smallest absolute Gasteiger partial charge is 0.186 e. The van der Waals surface area contributed by atoms with Gasteiger partial charge in [0.05, 0.1) is 12.7 Å². The highest BCUT2D eigenvalue weighted by atomic mass is 16.8. The Hall–Kier alpha value is -1.06. The van der Waals surface area contributed by atoms with Crippen molar-refractivity contribution in [2.45, 2.75) is 63.4 Å². The van der Waals surface area contributed by atoms with E-state index in [1.165, 1.54) is 0 Å². The highest BCUT2D eigenvalue weighted by Gasteiger charge is 2.57. The third kappa shape index (κ3) is 4.61. The topological polar surface area (TPSA) is 75.6 Å². The maximum atomic E-state index is 9.42. The minimum atomic E-state index is -0.707. The van der Waals surface area contributed by atoms with Crippen LogP contribution in [-0.4, -0.2) is 62.1 Å². The molecule has 3 rings (SSSR count). The van der Waals surface area contributed by atoms with Gasteiger partial charge in [-0.25, -0.2) is 0 Å². The van der Waals surface area contributed by atoms with Crippen molar-refractivity contribution in [2.75, 3.05) is 20.5 Å². The van der Waals surface area contributed by atoms with E-state index in [-0.39, 0.29) is 31.7 Å². The summed E-state index contributed by atoms with van der Waals surface area (Å²) in [5.41, 5.74) is 1.07. The molecule has 2 saturated heterocycles. The molecule has 0 spiro atoms. The van der Waals surface area contributed by atoms with Crippen molar-refractivity contribution < 1.29 is 33.5 Å². The highest BCUT2D eigenvalue weighted by Crippen LogP contribution is 2.40. The van der Waals surface area contributed by atoms with Gasteiger partial charge in [0, 0.05) is 13.7 Å². The van der Waals surface area contributed by atoms with E-state index in [0.29, 0.717) is 13.0 Å². The molecule has 1 N–H and O–H groups in total. The lowest BCUT2D eigenvalue weighted by Gasteiger charge is -2.28. The second-order valence-corrected chi connectivity index (χ2v) is 6.94. The van der Waals surface area contributed by atoms with Crippen LogP contribution in [0.3, 0.4) is 0 Å². The van der Waals surface area contributed by atoms with E-state index in [1.54, 1.807) is 7.11 Å². The molecule has 1 aromatic rings. The molecule has 2 fully saturated rings. The van der Waals surface area contributed by atoms with Crippen LogP contribution in [-0.2, 0) is 35.0 Å². The fourth-order valence-electron chi connectivity index (χ4n) is 3.42. The number of fused-ring (bicyclic) bond motifs is 1. The van der Waals surface area contributed by atoms with Gasteiger partial charge in [-0.2, -0.15) is 0 Å². The maximum absolute atomic E-state index is 9.42. The van der Waals surface area contributed by atoms with E-state index < -0.39 is 18.2 Å². The summed E-state index contributed by atoms with van der Waals surface area (Å²) < 4.78 is 34.7. The van der Waals surface area contributed by atoms with Crippen LogP contribution in [0.2, 0.25) is 0 Å². The van der Waals surface area contributed by atoms with Crippen LogP contribution >= 0.6 is 0 Å². The Labute approximate surface area is 154 Å². The number of aliphatic hydroxyl groups is 1. The van der Waals surface area contributed by atoms with Crippen molar-refractivity contribution in [3.05, 3.63) is 35.9 Å². The lowest BCUT2D eigenvalue weighted by Crippen LogP contribution is -2.41. The zero-order chi connectivity index (χ0) is 18.6. The molecule has 7 heteroatoms. The molecule has 0 aromatic heterocycles. The number of ether oxygens (including phenoxy) is 6. The Morgan fingerprint density at radius 1 is 1.15 bits per heavy atom. The zero-order valence-electron chi connectivity index (χ0n) is 15.5. The first-order chi connectivity index (χ1) is 12.5. The molecule has 2 aliphatic rings. The summed E-state index contributed by atoms with van der Waals surface area (Å²) in [5.74, 6) is -0.707. The van der Waals surface area contributed by atoms with Gasteiger partial charge in [-0.05, 0) is 25.8 Å². The van der Waals surface area contributed by atoms with E-state index in [2.05, 4.69) is 0 Å². The standard InChI is InChI=1S/C19H28O7/c1-19(2)25-16-15(24-18(21-3)17(16)26-19)14(9-10-20)23-12-22-11-13-7-5-4-6-8-13/h4-8,14-18,20H,9-12H2,1-3H3/t14-,15-,16-,17-,18-/m1/s1. The predicted octanol–water partition coefficient (Wildman–Crippen LogP) is 1.82. The number of rotatable bonds is 9. The SMILES string of the molecule is CO[C@@H]1O[C@H]([C@@H](CCO)OCOCc2ccccc2)[C@H]2OC(C)(C)O[C@@H]12. The molecule has 0 radical (unpaired) electrons. The van der Waals surface area contributed by atoms with Gasteiger partial charge in [0.25, 0.3) is 0 Å². The molecule has 7 nitrogen and oxygen atoms in total. The van der Waals surface area contributed by atoms with Gasteiger partial charge < -0.3 is 33.5 Å². The first-order valence-corrected chi connectivity index (χ1v) is 8.92. The number of methoxy groups -OCH3 is 1. The van der Waals surface area contributed by atoms with E-state index in [0.717, 1.165) is 5.56 Å². The molecule has 26 heavy (non-hydrogen) atoms. The van der Waals surface area contributed by atoms with Crippen molar-refractivity contribution in [1.29, 1.82) is 0 Å². The third-order valence-electron chi connectivity index (χ3n) is 4.54. The molecule has 1 aromatic carbocycles. The van der Waals surface area contributed by atoms with Crippen molar-refractivity contribution in [3.8, 4) is 0 Å². The summed E-state index contributed by atoms with van der Waals surface area (Å²) in [5, 5.41) is 9.42. The van der Waals surface area contributed by atoms with Crippen molar-refractivity contribution in [2.24, 2.45) is 0 Å². The van der Waals surface area contributed by atoms with Gasteiger partial charge in [0.2, 0.25) is 0 Å². The number of hydrogen-bond donors (Lipinski definition) is 1. The summed E-state index contributed by atoms with van der Waals surface area (Å²) in [6, 6.07) is 9.87. The molecule has 0 aliphatic carbocycles. The van der Waals surface area contributed by atoms with Gasteiger partial charge in [-0.15, -0.1) is 0 Å². The Kier molecular flexibility index (Phi) is 6.63. The lowest BCUT2D eigenvalue weighted by atomic mass is 10.0. The summed E-state index contributed by atoms with van der Waals surface area (Å²) >= 11 is 0.